The van der Waals surface area contributed by atoms with E-state index in [0.717, 1.165) is 44.8 Å². The fourth-order valence-corrected chi connectivity index (χ4v) is 2.99. The minimum Gasteiger partial charge on any atom is -0.337 e. The summed E-state index contributed by atoms with van der Waals surface area (Å²) < 4.78 is 1.86. The third kappa shape index (κ3) is 4.79. The van der Waals surface area contributed by atoms with Crippen LogP contribution < -0.4 is 0 Å². The highest BCUT2D eigenvalue weighted by molar-refractivity contribution is 5.91. The first-order valence-corrected chi connectivity index (χ1v) is 8.91. The lowest BCUT2D eigenvalue weighted by molar-refractivity contribution is -0.127. The van der Waals surface area contributed by atoms with Crippen LogP contribution in [0.2, 0.25) is 0 Å². The van der Waals surface area contributed by atoms with Crippen molar-refractivity contribution in [3.8, 4) is 0 Å². The van der Waals surface area contributed by atoms with Gasteiger partial charge in [0.25, 0.3) is 0 Å². The van der Waals surface area contributed by atoms with E-state index in [9.17, 15) is 4.79 Å². The molecule has 2 aromatic rings. The minimum absolute atomic E-state index is 0.0826. The fourth-order valence-electron chi connectivity index (χ4n) is 2.99. The van der Waals surface area contributed by atoms with Crippen molar-refractivity contribution < 1.29 is 4.79 Å². The summed E-state index contributed by atoms with van der Waals surface area (Å²) in [6, 6.07) is 8.68. The summed E-state index contributed by atoms with van der Waals surface area (Å²) in [6.45, 7) is 9.34. The van der Waals surface area contributed by atoms with Gasteiger partial charge in [-0.15, -0.1) is 0 Å². The number of carbonyl (C=O) groups is 1. The maximum absolute atomic E-state index is 12.3. The van der Waals surface area contributed by atoms with Crippen LogP contribution in [0.3, 0.4) is 0 Å². The van der Waals surface area contributed by atoms with Gasteiger partial charge in [0, 0.05) is 57.1 Å². The average molecular weight is 338 g/mol. The topological polar surface area (TPSA) is 41.4 Å². The molecule has 0 bridgehead atoms. The van der Waals surface area contributed by atoms with Gasteiger partial charge in [0.15, 0.2) is 0 Å². The molecule has 5 nitrogen and oxygen atoms in total. The molecule has 1 aliphatic rings. The van der Waals surface area contributed by atoms with Crippen molar-refractivity contribution in [2.24, 2.45) is 0 Å². The van der Waals surface area contributed by atoms with Gasteiger partial charge < -0.3 is 4.90 Å². The Balaban J connectivity index is 1.47. The van der Waals surface area contributed by atoms with Gasteiger partial charge in [0.2, 0.25) is 5.91 Å². The Kier molecular flexibility index (Phi) is 5.66. The molecule has 0 atom stereocenters. The molecule has 0 N–H and O–H groups in total. The molecule has 1 fully saturated rings. The number of nitrogens with zero attached hydrogens (tertiary/aromatic N) is 4. The van der Waals surface area contributed by atoms with Crippen LogP contribution in [0, 0.1) is 6.92 Å². The van der Waals surface area contributed by atoms with Crippen molar-refractivity contribution in [1.82, 2.24) is 19.6 Å². The maximum atomic E-state index is 12.3. The highest BCUT2D eigenvalue weighted by atomic mass is 16.2. The van der Waals surface area contributed by atoms with E-state index < -0.39 is 0 Å². The van der Waals surface area contributed by atoms with Gasteiger partial charge in [-0.05, 0) is 25.5 Å². The molecule has 3 rings (SSSR count). The van der Waals surface area contributed by atoms with Crippen LogP contribution in [-0.2, 0) is 17.9 Å². The number of carbonyl (C=O) groups excluding carboxylic acids is 1. The first-order valence-electron chi connectivity index (χ1n) is 8.91. The molecule has 1 aromatic carbocycles. The van der Waals surface area contributed by atoms with E-state index in [-0.39, 0.29) is 5.91 Å². The summed E-state index contributed by atoms with van der Waals surface area (Å²) in [5, 5.41) is 4.21. The number of amides is 1. The lowest BCUT2D eigenvalue weighted by Crippen LogP contribution is -2.47. The van der Waals surface area contributed by atoms with Crippen molar-refractivity contribution in [3.05, 3.63) is 59.4 Å². The van der Waals surface area contributed by atoms with Crippen molar-refractivity contribution >= 4 is 12.0 Å². The van der Waals surface area contributed by atoms with Crippen LogP contribution in [0.4, 0.5) is 0 Å². The number of rotatable bonds is 5. The zero-order valence-electron chi connectivity index (χ0n) is 15.1. The summed E-state index contributed by atoms with van der Waals surface area (Å²) in [7, 11) is 0. The summed E-state index contributed by atoms with van der Waals surface area (Å²) in [5.74, 6) is 0.0826. The number of benzene rings is 1. The summed E-state index contributed by atoms with van der Waals surface area (Å²) in [5.41, 5.74) is 3.59. The minimum atomic E-state index is 0.0826. The molecule has 0 saturated carbocycles. The molecule has 1 saturated heterocycles. The molecule has 1 aromatic heterocycles. The van der Waals surface area contributed by atoms with Gasteiger partial charge in [-0.3, -0.25) is 14.4 Å². The Morgan fingerprint density at radius 3 is 2.52 bits per heavy atom. The van der Waals surface area contributed by atoms with Gasteiger partial charge in [0.05, 0.1) is 6.20 Å². The Morgan fingerprint density at radius 2 is 1.88 bits per heavy atom. The van der Waals surface area contributed by atoms with E-state index >= 15 is 0 Å². The Bertz CT molecular complexity index is 724. The fraction of sp³-hybridized carbons (Fsp3) is 0.400. The normalized spacial score (nSPS) is 15.8. The summed E-state index contributed by atoms with van der Waals surface area (Å²) in [4.78, 5) is 16.7. The monoisotopic (exact) mass is 338 g/mol. The van der Waals surface area contributed by atoms with Crippen molar-refractivity contribution in [2.45, 2.75) is 26.9 Å². The van der Waals surface area contributed by atoms with E-state index in [1.54, 1.807) is 12.3 Å². The molecular formula is C20H26N4O. The van der Waals surface area contributed by atoms with Crippen LogP contribution in [0.1, 0.15) is 23.6 Å². The molecule has 132 valence electrons. The van der Waals surface area contributed by atoms with Gasteiger partial charge >= 0.3 is 0 Å². The van der Waals surface area contributed by atoms with Gasteiger partial charge in [-0.1, -0.05) is 29.8 Å². The third-order valence-corrected chi connectivity index (χ3v) is 4.61. The van der Waals surface area contributed by atoms with Crippen LogP contribution in [0.15, 0.2) is 42.7 Å². The largest absolute Gasteiger partial charge is 0.337 e. The van der Waals surface area contributed by atoms with Crippen LogP contribution >= 0.6 is 0 Å². The summed E-state index contributed by atoms with van der Waals surface area (Å²) in [6.07, 6.45) is 7.24. The summed E-state index contributed by atoms with van der Waals surface area (Å²) >= 11 is 0. The van der Waals surface area contributed by atoms with Gasteiger partial charge in [0.1, 0.15) is 0 Å². The number of hydrogen-bond donors (Lipinski definition) is 0. The standard InChI is InChI=1S/C20H26N4O/c1-3-24-16-19(14-21-24)8-9-20(25)23-12-10-22(11-13-23)15-18-6-4-17(2)5-7-18/h4-9,14,16H,3,10-13,15H2,1-2H3/b9-8+. The predicted molar refractivity (Wildman–Crippen MR) is 100.0 cm³/mol. The highest BCUT2D eigenvalue weighted by Crippen LogP contribution is 2.10. The van der Waals surface area contributed by atoms with Crippen molar-refractivity contribution in [2.75, 3.05) is 26.2 Å². The molecular weight excluding hydrogens is 312 g/mol. The Hall–Kier alpha value is -2.40. The Labute approximate surface area is 149 Å². The smallest absolute Gasteiger partial charge is 0.246 e. The Morgan fingerprint density at radius 1 is 1.16 bits per heavy atom. The van der Waals surface area contributed by atoms with E-state index in [1.807, 2.05) is 28.8 Å². The molecule has 1 amide bonds. The third-order valence-electron chi connectivity index (χ3n) is 4.61. The second kappa shape index (κ2) is 8.12. The first kappa shape index (κ1) is 17.4. The second-order valence-electron chi connectivity index (χ2n) is 6.55. The second-order valence-corrected chi connectivity index (χ2v) is 6.55. The van der Waals surface area contributed by atoms with Gasteiger partial charge in [-0.2, -0.15) is 5.10 Å². The average Bonchev–Trinajstić information content (AvgIpc) is 3.10. The molecule has 0 spiro atoms. The lowest BCUT2D eigenvalue weighted by Gasteiger charge is -2.34. The SMILES string of the molecule is CCn1cc(/C=C/C(=O)N2CCN(Cc3ccc(C)cc3)CC2)cn1. The maximum Gasteiger partial charge on any atom is 0.246 e. The van der Waals surface area contributed by atoms with E-state index in [1.165, 1.54) is 11.1 Å². The molecule has 25 heavy (non-hydrogen) atoms. The molecule has 0 radical (unpaired) electrons. The molecule has 1 aliphatic heterocycles. The number of aryl methyl sites for hydroxylation is 2. The van der Waals surface area contributed by atoms with Crippen molar-refractivity contribution in [1.29, 1.82) is 0 Å². The molecule has 2 heterocycles. The zero-order valence-corrected chi connectivity index (χ0v) is 15.1. The quantitative estimate of drug-likeness (QED) is 0.787. The van der Waals surface area contributed by atoms with Crippen molar-refractivity contribution in [3.63, 3.8) is 0 Å². The molecule has 0 unspecified atom stereocenters. The molecule has 5 heteroatoms. The van der Waals surface area contributed by atoms with Crippen LogP contribution in [0.5, 0.6) is 0 Å². The van der Waals surface area contributed by atoms with Crippen LogP contribution in [-0.4, -0.2) is 51.7 Å². The van der Waals surface area contributed by atoms with Gasteiger partial charge in [-0.25, -0.2) is 0 Å². The highest BCUT2D eigenvalue weighted by Gasteiger charge is 2.19. The molecule has 0 aliphatic carbocycles. The van der Waals surface area contributed by atoms with E-state index in [2.05, 4.69) is 41.2 Å². The number of aromatic nitrogens is 2. The van der Waals surface area contributed by atoms with E-state index in [0.29, 0.717) is 0 Å². The number of piperazine rings is 1. The van der Waals surface area contributed by atoms with Crippen LogP contribution in [0.25, 0.3) is 6.08 Å². The lowest BCUT2D eigenvalue weighted by atomic mass is 10.1. The predicted octanol–water partition coefficient (Wildman–Crippen LogP) is 2.57. The number of hydrogen-bond acceptors (Lipinski definition) is 3. The zero-order chi connectivity index (χ0) is 17.6. The first-order chi connectivity index (χ1) is 12.1. The van der Waals surface area contributed by atoms with E-state index in [4.69, 9.17) is 0 Å².